The molecule has 150 valence electrons. The minimum absolute atomic E-state index is 0.313. The Morgan fingerprint density at radius 3 is 2.52 bits per heavy atom. The highest BCUT2D eigenvalue weighted by Crippen LogP contribution is 2.40. The minimum atomic E-state index is -0.353. The Balaban J connectivity index is 1.92. The number of rotatable bonds is 6. The van der Waals surface area contributed by atoms with Crippen molar-refractivity contribution in [2.45, 2.75) is 27.2 Å². The lowest BCUT2D eigenvalue weighted by Gasteiger charge is -2.12. The Kier molecular flexibility index (Phi) is 7.01. The molecule has 3 aromatic rings. The fraction of sp³-hybridized carbons (Fsp3) is 0.217. The van der Waals surface area contributed by atoms with Crippen LogP contribution in [0.5, 0.6) is 0 Å². The van der Waals surface area contributed by atoms with Crippen LogP contribution in [0.1, 0.15) is 34.6 Å². The van der Waals surface area contributed by atoms with E-state index in [9.17, 15) is 4.79 Å². The Morgan fingerprint density at radius 1 is 1.07 bits per heavy atom. The van der Waals surface area contributed by atoms with Crippen LogP contribution in [0.4, 0.5) is 10.7 Å². The molecule has 29 heavy (non-hydrogen) atoms. The zero-order valence-corrected chi connectivity index (χ0v) is 18.4. The maximum Gasteiger partial charge on any atom is 0.341 e. The molecular weight excluding hydrogens is 400 g/mol. The summed E-state index contributed by atoms with van der Waals surface area (Å²) < 4.78 is 5.34. The largest absolute Gasteiger partial charge is 0.462 e. The third kappa shape index (κ3) is 5.02. The number of thiocarbonyl (C=S) groups is 1. The Hall–Kier alpha value is -2.70. The fourth-order valence-electron chi connectivity index (χ4n) is 3.12. The Bertz CT molecular complexity index is 1010. The third-order valence-corrected chi connectivity index (χ3v) is 5.67. The standard InChI is InChI=1S/C23H24N2O2S2/c1-4-16-10-9-13-18(14-16)24-23(28)25-21-20(22(26)27-5-2)19(15(3)29-21)17-11-7-6-8-12-17/h6-14H,4-5H2,1-3H3,(H2,24,25,28). The molecule has 0 aliphatic carbocycles. The van der Waals surface area contributed by atoms with Gasteiger partial charge in [0.25, 0.3) is 0 Å². The number of thiophene rings is 1. The van der Waals surface area contributed by atoms with Gasteiger partial charge in [-0.15, -0.1) is 11.3 Å². The summed E-state index contributed by atoms with van der Waals surface area (Å²) >= 11 is 7.01. The van der Waals surface area contributed by atoms with Crippen LogP contribution in [0.2, 0.25) is 0 Å². The van der Waals surface area contributed by atoms with E-state index in [4.69, 9.17) is 17.0 Å². The molecule has 0 amide bonds. The highest BCUT2D eigenvalue weighted by molar-refractivity contribution is 7.80. The van der Waals surface area contributed by atoms with Crippen LogP contribution in [-0.4, -0.2) is 17.7 Å². The van der Waals surface area contributed by atoms with Gasteiger partial charge in [0.05, 0.1) is 6.61 Å². The first kappa shape index (κ1) is 21.0. The summed E-state index contributed by atoms with van der Waals surface area (Å²) in [5.41, 5.74) is 4.52. The highest BCUT2D eigenvalue weighted by atomic mass is 32.1. The first-order valence-electron chi connectivity index (χ1n) is 9.56. The molecule has 1 heterocycles. The minimum Gasteiger partial charge on any atom is -0.462 e. The van der Waals surface area contributed by atoms with Gasteiger partial charge in [0, 0.05) is 16.1 Å². The van der Waals surface area contributed by atoms with Gasteiger partial charge in [0.1, 0.15) is 10.6 Å². The van der Waals surface area contributed by atoms with Crippen molar-refractivity contribution in [2.75, 3.05) is 17.2 Å². The molecule has 1 aromatic heterocycles. The van der Waals surface area contributed by atoms with Crippen molar-refractivity contribution in [3.63, 3.8) is 0 Å². The smallest absolute Gasteiger partial charge is 0.341 e. The second kappa shape index (κ2) is 9.67. The van der Waals surface area contributed by atoms with Gasteiger partial charge >= 0.3 is 5.97 Å². The number of anilines is 2. The lowest BCUT2D eigenvalue weighted by atomic mass is 10.0. The van der Waals surface area contributed by atoms with Crippen molar-refractivity contribution in [3.05, 3.63) is 70.6 Å². The lowest BCUT2D eigenvalue weighted by molar-refractivity contribution is 0.0529. The zero-order valence-electron chi connectivity index (χ0n) is 16.7. The number of carbonyl (C=O) groups is 1. The van der Waals surface area contributed by atoms with Gasteiger partial charge in [-0.3, -0.25) is 0 Å². The normalized spacial score (nSPS) is 10.4. The molecule has 0 aliphatic heterocycles. The number of carbonyl (C=O) groups excluding carboxylic acids is 1. The Morgan fingerprint density at radius 2 is 1.83 bits per heavy atom. The van der Waals surface area contributed by atoms with Crippen molar-refractivity contribution in [1.29, 1.82) is 0 Å². The molecule has 6 heteroatoms. The maximum absolute atomic E-state index is 12.8. The second-order valence-electron chi connectivity index (χ2n) is 6.46. The van der Waals surface area contributed by atoms with E-state index >= 15 is 0 Å². The van der Waals surface area contributed by atoms with E-state index in [-0.39, 0.29) is 5.97 Å². The quantitative estimate of drug-likeness (QED) is 0.361. The van der Waals surface area contributed by atoms with Crippen molar-refractivity contribution in [3.8, 4) is 11.1 Å². The molecule has 0 spiro atoms. The number of benzene rings is 2. The summed E-state index contributed by atoms with van der Waals surface area (Å²) in [6.07, 6.45) is 0.952. The van der Waals surface area contributed by atoms with Gasteiger partial charge in [-0.05, 0) is 55.7 Å². The van der Waals surface area contributed by atoms with Crippen LogP contribution in [0.25, 0.3) is 11.1 Å². The van der Waals surface area contributed by atoms with Crippen LogP contribution >= 0.6 is 23.6 Å². The van der Waals surface area contributed by atoms with Crippen LogP contribution in [-0.2, 0) is 11.2 Å². The average molecular weight is 425 g/mol. The van der Waals surface area contributed by atoms with Gasteiger partial charge in [0.2, 0.25) is 0 Å². The molecule has 0 saturated carbocycles. The molecule has 0 aliphatic rings. The molecule has 0 bridgehead atoms. The molecule has 0 radical (unpaired) electrons. The third-order valence-electron chi connectivity index (χ3n) is 4.45. The number of hydrogen-bond acceptors (Lipinski definition) is 4. The summed E-state index contributed by atoms with van der Waals surface area (Å²) in [7, 11) is 0. The van der Waals surface area contributed by atoms with Gasteiger partial charge in [-0.2, -0.15) is 0 Å². The molecule has 4 nitrogen and oxygen atoms in total. The monoisotopic (exact) mass is 424 g/mol. The number of ether oxygens (including phenoxy) is 1. The molecular formula is C23H24N2O2S2. The number of esters is 1. The summed E-state index contributed by atoms with van der Waals surface area (Å²) in [6.45, 7) is 6.23. The van der Waals surface area contributed by atoms with Crippen LogP contribution in [0, 0.1) is 6.92 Å². The van der Waals surface area contributed by atoms with Gasteiger partial charge in [-0.25, -0.2) is 4.79 Å². The predicted molar refractivity (Wildman–Crippen MR) is 126 cm³/mol. The summed E-state index contributed by atoms with van der Waals surface area (Å²) in [5.74, 6) is -0.353. The molecule has 0 saturated heterocycles. The number of hydrogen-bond donors (Lipinski definition) is 2. The SMILES string of the molecule is CCOC(=O)c1c(NC(=S)Nc2cccc(CC)c2)sc(C)c1-c1ccccc1. The average Bonchev–Trinajstić information content (AvgIpc) is 3.04. The van der Waals surface area contributed by atoms with Gasteiger partial charge < -0.3 is 15.4 Å². The topological polar surface area (TPSA) is 50.4 Å². The van der Waals surface area contributed by atoms with E-state index < -0.39 is 0 Å². The van der Waals surface area contributed by atoms with Crippen molar-refractivity contribution in [1.82, 2.24) is 0 Å². The summed E-state index contributed by atoms with van der Waals surface area (Å²) in [4.78, 5) is 13.8. The van der Waals surface area contributed by atoms with Gasteiger partial charge in [-0.1, -0.05) is 49.4 Å². The highest BCUT2D eigenvalue weighted by Gasteiger charge is 2.24. The van der Waals surface area contributed by atoms with Crippen LogP contribution in [0.3, 0.4) is 0 Å². The van der Waals surface area contributed by atoms with E-state index in [0.29, 0.717) is 22.3 Å². The first-order valence-corrected chi connectivity index (χ1v) is 10.8. The lowest BCUT2D eigenvalue weighted by Crippen LogP contribution is -2.20. The van der Waals surface area contributed by atoms with Crippen LogP contribution < -0.4 is 10.6 Å². The molecule has 3 rings (SSSR count). The maximum atomic E-state index is 12.8. The van der Waals surface area contributed by atoms with Crippen LogP contribution in [0.15, 0.2) is 54.6 Å². The van der Waals surface area contributed by atoms with E-state index in [2.05, 4.69) is 29.7 Å². The number of nitrogens with one attached hydrogen (secondary N) is 2. The predicted octanol–water partition coefficient (Wildman–Crippen LogP) is 6.27. The van der Waals surface area contributed by atoms with Gasteiger partial charge in [0.15, 0.2) is 5.11 Å². The Labute approximate surface area is 180 Å². The summed E-state index contributed by atoms with van der Waals surface area (Å²) in [6, 6.07) is 18.0. The van der Waals surface area contributed by atoms with E-state index in [0.717, 1.165) is 28.1 Å². The number of aryl methyl sites for hydroxylation is 2. The van der Waals surface area contributed by atoms with Crippen molar-refractivity contribution in [2.24, 2.45) is 0 Å². The first-order chi connectivity index (χ1) is 14.0. The van der Waals surface area contributed by atoms with E-state index in [1.165, 1.54) is 16.9 Å². The molecule has 2 N–H and O–H groups in total. The molecule has 0 unspecified atom stereocenters. The van der Waals surface area contributed by atoms with Crippen molar-refractivity contribution >= 4 is 45.3 Å². The van der Waals surface area contributed by atoms with E-state index in [1.54, 1.807) is 6.92 Å². The zero-order chi connectivity index (χ0) is 20.8. The van der Waals surface area contributed by atoms with E-state index in [1.807, 2.05) is 49.4 Å². The second-order valence-corrected chi connectivity index (χ2v) is 8.09. The fourth-order valence-corrected chi connectivity index (χ4v) is 4.47. The van der Waals surface area contributed by atoms with Crippen molar-refractivity contribution < 1.29 is 9.53 Å². The molecule has 0 atom stereocenters. The molecule has 0 fully saturated rings. The molecule has 2 aromatic carbocycles. The summed E-state index contributed by atoms with van der Waals surface area (Å²) in [5, 5.41) is 7.53.